The Morgan fingerprint density at radius 2 is 1.59 bits per heavy atom. The molecule has 1 atom stereocenters. The van der Waals surface area contributed by atoms with Gasteiger partial charge in [-0.05, 0) is 48.1 Å². The van der Waals surface area contributed by atoms with Crippen molar-refractivity contribution < 1.29 is 21.6 Å². The van der Waals surface area contributed by atoms with E-state index < -0.39 is 20.0 Å². The fraction of sp³-hybridized carbons (Fsp3) is 0.368. The van der Waals surface area contributed by atoms with Gasteiger partial charge in [-0.2, -0.15) is 4.31 Å². The Hall–Kier alpha value is -1.43. The van der Waals surface area contributed by atoms with Crippen LogP contribution < -0.4 is 4.72 Å². The van der Waals surface area contributed by atoms with E-state index in [1.54, 1.807) is 11.8 Å². The number of nitrogens with one attached hydrogen (secondary N) is 1. The third-order valence-corrected chi connectivity index (χ3v) is 9.52. The summed E-state index contributed by atoms with van der Waals surface area (Å²) in [4.78, 5) is 1.21. The fourth-order valence-corrected chi connectivity index (χ4v) is 7.23. The van der Waals surface area contributed by atoms with Gasteiger partial charge in [-0.3, -0.25) is 0 Å². The average Bonchev–Trinajstić information content (AvgIpc) is 2.74. The van der Waals surface area contributed by atoms with Crippen LogP contribution in [-0.2, 0) is 24.8 Å². The molecular weight excluding hydrogens is 432 g/mol. The Morgan fingerprint density at radius 1 is 0.931 bits per heavy atom. The number of thioether (sulfide) groups is 1. The fourth-order valence-electron chi connectivity index (χ4n) is 3.45. The second-order valence-electron chi connectivity index (χ2n) is 6.84. The van der Waals surface area contributed by atoms with E-state index in [2.05, 4.69) is 4.72 Å². The van der Waals surface area contributed by atoms with Crippen LogP contribution in [0.3, 0.4) is 0 Å². The minimum atomic E-state index is -3.78. The predicted molar refractivity (Wildman–Crippen MR) is 111 cm³/mol. The molecule has 1 saturated heterocycles. The second-order valence-corrected chi connectivity index (χ2v) is 11.6. The normalized spacial score (nSPS) is 20.9. The summed E-state index contributed by atoms with van der Waals surface area (Å²) in [6.45, 7) is 1.31. The molecule has 0 aromatic heterocycles. The van der Waals surface area contributed by atoms with Crippen LogP contribution in [0.4, 0.5) is 0 Å². The van der Waals surface area contributed by atoms with Crippen molar-refractivity contribution in [1.82, 2.24) is 9.03 Å². The predicted octanol–water partition coefficient (Wildman–Crippen LogP) is 2.22. The van der Waals surface area contributed by atoms with Crippen molar-refractivity contribution >= 4 is 31.8 Å². The van der Waals surface area contributed by atoms with Gasteiger partial charge in [-0.15, -0.1) is 11.8 Å². The van der Waals surface area contributed by atoms with Crippen molar-refractivity contribution in [3.05, 3.63) is 54.1 Å². The molecule has 2 aliphatic rings. The van der Waals surface area contributed by atoms with E-state index in [1.165, 1.54) is 28.6 Å². The standard InChI is InChI=1S/C19H22N2O5S3/c22-28(23,20-18-9-14-27-19-4-2-1-3-17(18)19)15-5-7-16(8-6-15)29(24,25)21-10-12-26-13-11-21/h1-8,18,20H,9-14H2. The van der Waals surface area contributed by atoms with Gasteiger partial charge < -0.3 is 4.74 Å². The zero-order chi connectivity index (χ0) is 20.5. The largest absolute Gasteiger partial charge is 0.379 e. The number of hydrogen-bond donors (Lipinski definition) is 1. The maximum absolute atomic E-state index is 12.9. The molecule has 1 fully saturated rings. The highest BCUT2D eigenvalue weighted by molar-refractivity contribution is 7.99. The third kappa shape index (κ3) is 4.37. The number of ether oxygens (including phenoxy) is 1. The lowest BCUT2D eigenvalue weighted by Gasteiger charge is -2.26. The minimum Gasteiger partial charge on any atom is -0.379 e. The number of hydrogen-bond acceptors (Lipinski definition) is 6. The summed E-state index contributed by atoms with van der Waals surface area (Å²) in [7, 11) is -7.43. The molecule has 0 aliphatic carbocycles. The van der Waals surface area contributed by atoms with Gasteiger partial charge in [0.25, 0.3) is 0 Å². The molecule has 7 nitrogen and oxygen atoms in total. The molecular formula is C19H22N2O5S3. The summed E-state index contributed by atoms with van der Waals surface area (Å²) in [5.41, 5.74) is 0.971. The van der Waals surface area contributed by atoms with Crippen molar-refractivity contribution in [1.29, 1.82) is 0 Å². The monoisotopic (exact) mass is 454 g/mol. The van der Waals surface area contributed by atoms with Crippen molar-refractivity contribution in [2.75, 3.05) is 32.1 Å². The van der Waals surface area contributed by atoms with Crippen LogP contribution >= 0.6 is 11.8 Å². The molecule has 0 bridgehead atoms. The molecule has 2 aromatic carbocycles. The van der Waals surface area contributed by atoms with Gasteiger partial charge in [0.2, 0.25) is 20.0 Å². The van der Waals surface area contributed by atoms with Gasteiger partial charge >= 0.3 is 0 Å². The van der Waals surface area contributed by atoms with Gasteiger partial charge in [0.1, 0.15) is 0 Å². The van der Waals surface area contributed by atoms with Crippen LogP contribution in [0.1, 0.15) is 18.0 Å². The first-order valence-electron chi connectivity index (χ1n) is 9.30. The zero-order valence-electron chi connectivity index (χ0n) is 15.7. The van der Waals surface area contributed by atoms with Crippen LogP contribution in [0, 0.1) is 0 Å². The van der Waals surface area contributed by atoms with E-state index in [9.17, 15) is 16.8 Å². The molecule has 2 aliphatic heterocycles. The van der Waals surface area contributed by atoms with Gasteiger partial charge in [0.15, 0.2) is 0 Å². The third-order valence-electron chi connectivity index (χ3n) is 5.00. The van der Waals surface area contributed by atoms with E-state index in [4.69, 9.17) is 4.74 Å². The Labute approximate surface area is 175 Å². The summed E-state index contributed by atoms with van der Waals surface area (Å²) >= 11 is 1.72. The molecule has 0 radical (unpaired) electrons. The van der Waals surface area contributed by atoms with Gasteiger partial charge in [-0.25, -0.2) is 21.6 Å². The molecule has 29 heavy (non-hydrogen) atoms. The summed E-state index contributed by atoms with van der Waals surface area (Å²) in [6, 6.07) is 12.9. The van der Waals surface area contributed by atoms with E-state index >= 15 is 0 Å². The summed E-state index contributed by atoms with van der Waals surface area (Å²) in [6.07, 6.45) is 0.699. The maximum atomic E-state index is 12.9. The van der Waals surface area contributed by atoms with Crippen LogP contribution in [-0.4, -0.2) is 53.2 Å². The van der Waals surface area contributed by atoms with Gasteiger partial charge in [-0.1, -0.05) is 18.2 Å². The first kappa shape index (κ1) is 20.8. The van der Waals surface area contributed by atoms with Crippen LogP contribution in [0.15, 0.2) is 63.2 Å². The molecule has 2 heterocycles. The van der Waals surface area contributed by atoms with Crippen molar-refractivity contribution in [3.63, 3.8) is 0 Å². The lowest BCUT2D eigenvalue weighted by atomic mass is 10.1. The van der Waals surface area contributed by atoms with Crippen LogP contribution in [0.5, 0.6) is 0 Å². The SMILES string of the molecule is O=S(=O)(NC1CCSc2ccccc21)c1ccc(S(=O)(=O)N2CCOCC2)cc1. The van der Waals surface area contributed by atoms with Crippen molar-refractivity contribution in [2.45, 2.75) is 27.1 Å². The Kier molecular flexibility index (Phi) is 6.01. The molecule has 0 saturated carbocycles. The zero-order valence-corrected chi connectivity index (χ0v) is 18.1. The molecule has 1 unspecified atom stereocenters. The molecule has 10 heteroatoms. The van der Waals surface area contributed by atoms with Gasteiger partial charge in [0.05, 0.1) is 23.0 Å². The second kappa shape index (κ2) is 8.37. The molecule has 2 aromatic rings. The van der Waals surface area contributed by atoms with E-state index in [1.807, 2.05) is 24.3 Å². The molecule has 1 N–H and O–H groups in total. The Morgan fingerprint density at radius 3 is 2.31 bits per heavy atom. The average molecular weight is 455 g/mol. The Bertz CT molecular complexity index is 1080. The number of rotatable bonds is 5. The number of benzene rings is 2. The van der Waals surface area contributed by atoms with Crippen molar-refractivity contribution in [3.8, 4) is 0 Å². The minimum absolute atomic E-state index is 0.0501. The number of nitrogens with zero attached hydrogens (tertiary/aromatic N) is 1. The van der Waals surface area contributed by atoms with Gasteiger partial charge in [0, 0.05) is 24.0 Å². The topological polar surface area (TPSA) is 92.8 Å². The van der Waals surface area contributed by atoms with Crippen molar-refractivity contribution in [2.24, 2.45) is 0 Å². The molecule has 4 rings (SSSR count). The highest BCUT2D eigenvalue weighted by atomic mass is 32.2. The highest BCUT2D eigenvalue weighted by Crippen LogP contribution is 2.36. The smallest absolute Gasteiger partial charge is 0.243 e. The van der Waals surface area contributed by atoms with Crippen LogP contribution in [0.2, 0.25) is 0 Å². The maximum Gasteiger partial charge on any atom is 0.243 e. The van der Waals surface area contributed by atoms with E-state index in [0.29, 0.717) is 32.7 Å². The number of morpholine rings is 1. The molecule has 0 amide bonds. The van der Waals surface area contributed by atoms with E-state index in [-0.39, 0.29) is 15.8 Å². The molecule has 0 spiro atoms. The lowest BCUT2D eigenvalue weighted by molar-refractivity contribution is 0.0730. The Balaban J connectivity index is 1.54. The summed E-state index contributed by atoms with van der Waals surface area (Å²) < 4.78 is 60.5. The summed E-state index contributed by atoms with van der Waals surface area (Å²) in [5.74, 6) is 0.834. The first-order chi connectivity index (χ1) is 13.9. The first-order valence-corrected chi connectivity index (χ1v) is 13.2. The van der Waals surface area contributed by atoms with Crippen LogP contribution in [0.25, 0.3) is 0 Å². The number of sulfonamides is 2. The van der Waals surface area contributed by atoms with E-state index in [0.717, 1.165) is 16.2 Å². The quantitative estimate of drug-likeness (QED) is 0.745. The number of fused-ring (bicyclic) bond motifs is 1. The summed E-state index contributed by atoms with van der Waals surface area (Å²) in [5, 5.41) is 0. The lowest BCUT2D eigenvalue weighted by Crippen LogP contribution is -2.40. The highest BCUT2D eigenvalue weighted by Gasteiger charge is 2.28. The molecule has 156 valence electrons.